The van der Waals surface area contributed by atoms with E-state index in [2.05, 4.69) is 31.9 Å². The van der Waals surface area contributed by atoms with Crippen molar-refractivity contribution in [3.05, 3.63) is 137 Å². The first-order chi connectivity index (χ1) is 42.6. The number of hydrogen-bond acceptors (Lipinski definition) is 16. The Morgan fingerprint density at radius 3 is 1.29 bits per heavy atom. The maximum atomic E-state index is 14.2. The first-order valence-corrected chi connectivity index (χ1v) is 30.8. The number of urea groups is 2. The number of nitrogens with one attached hydrogen (secondary N) is 6. The molecule has 0 radical (unpaired) electrons. The van der Waals surface area contributed by atoms with E-state index in [0.717, 1.165) is 54.7 Å². The van der Waals surface area contributed by atoms with Crippen LogP contribution in [0.2, 0.25) is 0 Å². The Bertz CT molecular complexity index is 3310. The summed E-state index contributed by atoms with van der Waals surface area (Å²) in [6.07, 6.45) is -12.1. The summed E-state index contributed by atoms with van der Waals surface area (Å²) in [5.41, 5.74) is 38.2. The van der Waals surface area contributed by atoms with Gasteiger partial charge in [0.25, 0.3) is 5.92 Å². The highest BCUT2D eigenvalue weighted by atomic mass is 32.2. The Labute approximate surface area is 526 Å². The van der Waals surface area contributed by atoms with Gasteiger partial charge in [-0.05, 0) is 141 Å². The lowest BCUT2D eigenvalue weighted by molar-refractivity contribution is -0.140. The van der Waals surface area contributed by atoms with Crippen molar-refractivity contribution in [2.45, 2.75) is 71.7 Å². The molecule has 0 saturated carbocycles. The third-order valence-electron chi connectivity index (χ3n) is 12.3. The van der Waals surface area contributed by atoms with Gasteiger partial charge >= 0.3 is 30.6 Å². The summed E-state index contributed by atoms with van der Waals surface area (Å²) in [5, 5.41) is 15.9. The second-order valence-corrected chi connectivity index (χ2v) is 23.0. The monoisotopic (exact) mass is 1330 g/mol. The highest BCUT2D eigenvalue weighted by molar-refractivity contribution is 8.00. The lowest BCUT2D eigenvalue weighted by Crippen LogP contribution is -2.21. The molecule has 0 aliphatic rings. The van der Waals surface area contributed by atoms with E-state index in [-0.39, 0.29) is 93.8 Å². The van der Waals surface area contributed by atoms with Crippen LogP contribution in [0.1, 0.15) is 53.1 Å². The Kier molecular flexibility index (Phi) is 28.7. The van der Waals surface area contributed by atoms with E-state index in [1.165, 1.54) is 66.4 Å². The maximum Gasteiger partial charge on any atom is 0.417 e. The van der Waals surface area contributed by atoms with Gasteiger partial charge in [-0.25, -0.2) is 18.4 Å². The highest BCUT2D eigenvalue weighted by Crippen LogP contribution is 2.44. The molecule has 0 atom stereocenters. The Hall–Kier alpha value is -6.94. The molecule has 6 aromatic carbocycles. The van der Waals surface area contributed by atoms with Crippen LogP contribution in [0, 0.1) is 0 Å². The van der Waals surface area contributed by atoms with Gasteiger partial charge in [0.1, 0.15) is 23.0 Å². The number of aryl methyl sites for hydroxylation is 2. The van der Waals surface area contributed by atoms with Gasteiger partial charge < -0.3 is 81.5 Å². The molecule has 20 N–H and O–H groups in total. The molecule has 0 bridgehead atoms. The molecule has 0 unspecified atom stereocenters. The van der Waals surface area contributed by atoms with Gasteiger partial charge in [0.2, 0.25) is 0 Å². The topological polar surface area (TPSA) is 307 Å². The number of halogens is 11. The second kappa shape index (κ2) is 35.0. The van der Waals surface area contributed by atoms with Gasteiger partial charge in [-0.1, -0.05) is 0 Å². The molecular formula is C59H72F11N13O4S3. The van der Waals surface area contributed by atoms with Crippen molar-refractivity contribution in [2.75, 3.05) is 108 Å². The largest absolute Gasteiger partial charge is 0.457 e. The van der Waals surface area contributed by atoms with Crippen LogP contribution in [0.15, 0.2) is 118 Å². The summed E-state index contributed by atoms with van der Waals surface area (Å²) in [6, 6.07) is 20.8. The average molecular weight is 1330 g/mol. The molecule has 0 aliphatic carbocycles. The molecule has 0 aliphatic heterocycles. The smallest absolute Gasteiger partial charge is 0.417 e. The molecule has 6 aromatic rings. The number of carbonyl (C=O) groups excluding carboxylic acids is 2. The molecule has 0 fully saturated rings. The highest BCUT2D eigenvalue weighted by Gasteiger charge is 2.36. The normalized spacial score (nSPS) is 11.8. The summed E-state index contributed by atoms with van der Waals surface area (Å²) in [5.74, 6) is -1.47. The molecule has 6 rings (SSSR count). The van der Waals surface area contributed by atoms with E-state index >= 15 is 0 Å². The lowest BCUT2D eigenvalue weighted by atomic mass is 10.1. The quantitative estimate of drug-likeness (QED) is 0.0147. The minimum absolute atomic E-state index is 0.0134. The van der Waals surface area contributed by atoms with Gasteiger partial charge in [0.15, 0.2) is 0 Å². The summed E-state index contributed by atoms with van der Waals surface area (Å²) in [4.78, 5) is 26.1. The number of anilines is 6. The molecular weight excluding hydrogens is 1260 g/mol. The Balaban J connectivity index is 0.000000329. The number of hydrogen-bond donors (Lipinski definition) is 13. The van der Waals surface area contributed by atoms with Crippen LogP contribution in [-0.4, -0.2) is 88.2 Å². The van der Waals surface area contributed by atoms with Gasteiger partial charge in [0, 0.05) is 131 Å². The van der Waals surface area contributed by atoms with Gasteiger partial charge in [0.05, 0.1) is 22.4 Å². The molecule has 0 spiro atoms. The molecule has 90 heavy (non-hydrogen) atoms. The molecule has 17 nitrogen and oxygen atoms in total. The predicted octanol–water partition coefficient (Wildman–Crippen LogP) is 13.1. The SMILES string of the molecule is CC(F)(F)c1cc(NCCN)cc(Oc2ccc(NC(=O)Nc3ccc(SCCN)c(C(F)(F)F)c3)cc2CCCN)c1.NCCCc1cc(NC(=O)Nc2cc(C(F)(F)F)c(SCCN)cc2SCCN)ccc1Oc1cc(NCCN)cc(C(F)(F)F)c1. The standard InChI is InChI=1S/C30H37F6N7O2S2.C29H35F5N6O2S/c31-29(32,33)19-13-21(41-9-6-38)15-22(14-19)45-25-4-3-20(12-18(25)2-1-5-37)42-28(44)43-24-16-23(30(34,35)36)26(46-10-7-39)17-27(24)47-11-8-40;1-28(30,31)19-14-22(38-11-9-36)16-23(15-19)42-25-6-4-20(13-18(25)3-2-8-35)39-27(41)40-21-5-7-26(43-12-10-37)24(17-21)29(32,33)34/h3-4,12-17,41H,1-2,5-11,37-40H2,(H2,42,43,44);4-7,13-17,38H,2-3,8-12,35-37H2,1H3,(H2,39,40,41). The van der Waals surface area contributed by atoms with Crippen LogP contribution in [0.4, 0.5) is 92.0 Å². The number of rotatable bonds is 30. The molecule has 0 saturated heterocycles. The molecule has 4 amide bonds. The van der Waals surface area contributed by atoms with Crippen LogP contribution in [0.3, 0.4) is 0 Å². The molecule has 0 aromatic heterocycles. The molecule has 492 valence electrons. The van der Waals surface area contributed by atoms with Gasteiger partial charge in [-0.3, -0.25) is 0 Å². The van der Waals surface area contributed by atoms with Crippen LogP contribution < -0.4 is 81.5 Å². The fraction of sp³-hybridized carbons (Fsp3) is 0.356. The zero-order valence-corrected chi connectivity index (χ0v) is 51.1. The second-order valence-electron chi connectivity index (χ2n) is 19.6. The molecule has 31 heteroatoms. The van der Waals surface area contributed by atoms with E-state index < -0.39 is 53.2 Å². The van der Waals surface area contributed by atoms with Crippen molar-refractivity contribution in [1.29, 1.82) is 0 Å². The number of carbonyl (C=O) groups is 2. The zero-order chi connectivity index (χ0) is 66.2. The van der Waals surface area contributed by atoms with Crippen LogP contribution in [-0.2, 0) is 37.3 Å². The Morgan fingerprint density at radius 1 is 0.422 bits per heavy atom. The van der Waals surface area contributed by atoms with E-state index in [1.54, 1.807) is 24.3 Å². The van der Waals surface area contributed by atoms with E-state index in [4.69, 9.17) is 49.6 Å². The van der Waals surface area contributed by atoms with Crippen molar-refractivity contribution < 1.29 is 67.4 Å². The minimum atomic E-state index is -4.69. The van der Waals surface area contributed by atoms with Gasteiger partial charge in [-0.15, -0.1) is 35.3 Å². The van der Waals surface area contributed by atoms with Crippen molar-refractivity contribution >= 4 is 81.5 Å². The first kappa shape index (κ1) is 73.8. The lowest BCUT2D eigenvalue weighted by Gasteiger charge is -2.19. The van der Waals surface area contributed by atoms with Crippen molar-refractivity contribution in [1.82, 2.24) is 0 Å². The number of thioether (sulfide) groups is 3. The van der Waals surface area contributed by atoms with Crippen molar-refractivity contribution in [3.63, 3.8) is 0 Å². The summed E-state index contributed by atoms with van der Waals surface area (Å²) in [6.45, 7) is 3.23. The summed E-state index contributed by atoms with van der Waals surface area (Å²) < 4.78 is 164. The number of amides is 4. The van der Waals surface area contributed by atoms with E-state index in [9.17, 15) is 57.9 Å². The Morgan fingerprint density at radius 2 is 0.844 bits per heavy atom. The van der Waals surface area contributed by atoms with Crippen LogP contribution in [0.25, 0.3) is 0 Å². The third-order valence-corrected chi connectivity index (χ3v) is 15.6. The first-order valence-electron chi connectivity index (χ1n) is 27.9. The van der Waals surface area contributed by atoms with Gasteiger partial charge in [-0.2, -0.15) is 39.5 Å². The van der Waals surface area contributed by atoms with Crippen LogP contribution >= 0.6 is 35.3 Å². The summed E-state index contributed by atoms with van der Waals surface area (Å²) in [7, 11) is 0. The van der Waals surface area contributed by atoms with E-state index in [1.807, 2.05) is 0 Å². The minimum Gasteiger partial charge on any atom is -0.457 e. The predicted molar refractivity (Wildman–Crippen MR) is 338 cm³/mol. The summed E-state index contributed by atoms with van der Waals surface area (Å²) >= 11 is 3.14. The fourth-order valence-electron chi connectivity index (χ4n) is 8.27. The molecule has 0 heterocycles. The third kappa shape index (κ3) is 23.7. The maximum absolute atomic E-state index is 14.2. The van der Waals surface area contributed by atoms with Crippen molar-refractivity contribution in [2.24, 2.45) is 40.1 Å². The van der Waals surface area contributed by atoms with E-state index in [0.29, 0.717) is 96.5 Å². The number of alkyl halides is 11. The average Bonchev–Trinajstić information content (AvgIpc) is 1.19. The van der Waals surface area contributed by atoms with Crippen molar-refractivity contribution in [3.8, 4) is 23.0 Å². The fourth-order valence-corrected chi connectivity index (χ4v) is 10.9. The number of ether oxygens (including phenoxy) is 2. The number of nitrogens with two attached hydrogens (primary N) is 7. The number of benzene rings is 6. The zero-order valence-electron chi connectivity index (χ0n) is 48.7. The van der Waals surface area contributed by atoms with Crippen LogP contribution in [0.5, 0.6) is 23.0 Å².